The van der Waals surface area contributed by atoms with Crippen LogP contribution < -0.4 is 11.5 Å². The number of nitrogens with one attached hydrogen (secondary N) is 2. The van der Waals surface area contributed by atoms with Crippen LogP contribution in [0.4, 0.5) is 0 Å². The van der Waals surface area contributed by atoms with Crippen LogP contribution in [-0.4, -0.2) is 34.0 Å². The number of H-pyrrole nitrogens is 2. The average molecular weight is 487 g/mol. The summed E-state index contributed by atoms with van der Waals surface area (Å²) in [4.78, 5) is 32.5. The second kappa shape index (κ2) is 8.50. The van der Waals surface area contributed by atoms with E-state index in [9.17, 15) is 9.59 Å². The largest absolute Gasteiger partial charge is 0.447 e. The van der Waals surface area contributed by atoms with Crippen LogP contribution in [0.1, 0.15) is 58.7 Å². The van der Waals surface area contributed by atoms with Gasteiger partial charge in [-0.15, -0.1) is 0 Å². The molecule has 0 amide bonds. The number of ether oxygens (including phenoxy) is 2. The van der Waals surface area contributed by atoms with Gasteiger partial charge >= 0.3 is 11.9 Å². The van der Waals surface area contributed by atoms with Crippen molar-refractivity contribution in [3.8, 4) is 0 Å². The van der Waals surface area contributed by atoms with Crippen LogP contribution in [0, 0.1) is 13.8 Å². The Balaban J connectivity index is 1.23. The SMILES string of the molecule is Cc1ccc2[nH]c3c(c2c1)CC(N)CC3OC(=O)C(=O)OC1CC(N)Cc2c1[nH]c1ccc(C)cc21. The van der Waals surface area contributed by atoms with Gasteiger partial charge in [-0.2, -0.15) is 0 Å². The van der Waals surface area contributed by atoms with E-state index in [-0.39, 0.29) is 12.1 Å². The van der Waals surface area contributed by atoms with E-state index in [1.165, 1.54) is 0 Å². The Hall–Kier alpha value is -3.62. The van der Waals surface area contributed by atoms with E-state index >= 15 is 0 Å². The normalized spacial score (nSPS) is 23.3. The number of esters is 2. The van der Waals surface area contributed by atoms with Crippen molar-refractivity contribution in [2.24, 2.45) is 11.5 Å². The summed E-state index contributed by atoms with van der Waals surface area (Å²) in [5, 5.41) is 2.14. The lowest BCUT2D eigenvalue weighted by atomic mass is 9.89. The lowest BCUT2D eigenvalue weighted by Crippen LogP contribution is -2.35. The Labute approximate surface area is 208 Å². The van der Waals surface area contributed by atoms with Crippen molar-refractivity contribution in [3.05, 3.63) is 70.0 Å². The number of carbonyl (C=O) groups is 2. The van der Waals surface area contributed by atoms with Gasteiger partial charge in [0.2, 0.25) is 0 Å². The van der Waals surface area contributed by atoms with Crippen LogP contribution in [0.2, 0.25) is 0 Å². The van der Waals surface area contributed by atoms with Crippen LogP contribution in [0.15, 0.2) is 36.4 Å². The molecule has 0 spiro atoms. The summed E-state index contributed by atoms with van der Waals surface area (Å²) in [5.41, 5.74) is 20.5. The van der Waals surface area contributed by atoms with E-state index in [0.717, 1.165) is 55.4 Å². The molecule has 186 valence electrons. The highest BCUT2D eigenvalue weighted by Crippen LogP contribution is 2.39. The van der Waals surface area contributed by atoms with Gasteiger partial charge in [0.25, 0.3) is 0 Å². The van der Waals surface area contributed by atoms with E-state index in [1.807, 2.05) is 38.1 Å². The van der Waals surface area contributed by atoms with Crippen molar-refractivity contribution in [1.29, 1.82) is 0 Å². The molecule has 6 rings (SSSR count). The summed E-state index contributed by atoms with van der Waals surface area (Å²) in [6.45, 7) is 4.07. The van der Waals surface area contributed by atoms with Crippen LogP contribution in [0.5, 0.6) is 0 Å². The molecule has 2 aliphatic carbocycles. The summed E-state index contributed by atoms with van der Waals surface area (Å²) in [6.07, 6.45) is 0.933. The first-order valence-corrected chi connectivity index (χ1v) is 12.4. The fourth-order valence-corrected chi connectivity index (χ4v) is 5.80. The third-order valence-corrected chi connectivity index (χ3v) is 7.46. The molecule has 0 fully saturated rings. The fourth-order valence-electron chi connectivity index (χ4n) is 5.80. The van der Waals surface area contributed by atoms with Crippen LogP contribution in [-0.2, 0) is 31.9 Å². The summed E-state index contributed by atoms with van der Waals surface area (Å²) in [6, 6.07) is 11.9. The van der Waals surface area contributed by atoms with Crippen molar-refractivity contribution in [2.75, 3.05) is 0 Å². The van der Waals surface area contributed by atoms with Crippen molar-refractivity contribution in [2.45, 2.75) is 63.8 Å². The minimum atomic E-state index is -1.03. The van der Waals surface area contributed by atoms with Gasteiger partial charge in [-0.05, 0) is 62.1 Å². The van der Waals surface area contributed by atoms with Crippen molar-refractivity contribution < 1.29 is 19.1 Å². The third kappa shape index (κ3) is 3.86. The maximum absolute atomic E-state index is 12.9. The quantitative estimate of drug-likeness (QED) is 0.252. The summed E-state index contributed by atoms with van der Waals surface area (Å²) in [7, 11) is 0. The molecule has 6 N–H and O–H groups in total. The Morgan fingerprint density at radius 1 is 0.750 bits per heavy atom. The molecule has 0 aliphatic heterocycles. The molecule has 0 bridgehead atoms. The molecule has 0 saturated heterocycles. The molecule has 2 aliphatic rings. The minimum absolute atomic E-state index is 0.181. The highest BCUT2D eigenvalue weighted by molar-refractivity contribution is 6.29. The van der Waals surface area contributed by atoms with Gasteiger partial charge in [-0.3, -0.25) is 0 Å². The highest BCUT2D eigenvalue weighted by Gasteiger charge is 2.36. The number of fused-ring (bicyclic) bond motifs is 6. The van der Waals surface area contributed by atoms with Gasteiger partial charge in [-0.1, -0.05) is 23.3 Å². The van der Waals surface area contributed by atoms with E-state index < -0.39 is 24.1 Å². The number of aryl methyl sites for hydroxylation is 2. The molecule has 8 heteroatoms. The number of nitrogens with two attached hydrogens (primary N) is 2. The van der Waals surface area contributed by atoms with Gasteiger partial charge in [0.15, 0.2) is 0 Å². The van der Waals surface area contributed by atoms with E-state index in [0.29, 0.717) is 25.7 Å². The zero-order valence-corrected chi connectivity index (χ0v) is 20.4. The Morgan fingerprint density at radius 2 is 1.17 bits per heavy atom. The molecule has 0 radical (unpaired) electrons. The fraction of sp³-hybridized carbons (Fsp3) is 0.357. The molecular formula is C28H30N4O4. The zero-order chi connectivity index (χ0) is 25.1. The molecule has 4 unspecified atom stereocenters. The number of hydrogen-bond donors (Lipinski definition) is 4. The average Bonchev–Trinajstić information content (AvgIpc) is 3.37. The number of aromatic amines is 2. The lowest BCUT2D eigenvalue weighted by molar-refractivity contribution is -0.175. The highest BCUT2D eigenvalue weighted by atomic mass is 16.6. The first kappa shape index (κ1) is 22.8. The van der Waals surface area contributed by atoms with Crippen molar-refractivity contribution >= 4 is 33.7 Å². The van der Waals surface area contributed by atoms with Crippen LogP contribution in [0.3, 0.4) is 0 Å². The topological polar surface area (TPSA) is 136 Å². The zero-order valence-electron chi connectivity index (χ0n) is 20.4. The predicted molar refractivity (Wildman–Crippen MR) is 136 cm³/mol. The molecule has 0 saturated carbocycles. The summed E-state index contributed by atoms with van der Waals surface area (Å²) < 4.78 is 11.3. The first-order valence-electron chi connectivity index (χ1n) is 12.4. The molecule has 36 heavy (non-hydrogen) atoms. The molecule has 4 atom stereocenters. The number of hydrogen-bond acceptors (Lipinski definition) is 6. The van der Waals surface area contributed by atoms with Gasteiger partial charge in [0.05, 0.1) is 11.4 Å². The predicted octanol–water partition coefficient (Wildman–Crippen LogP) is 3.68. The smallest absolute Gasteiger partial charge is 0.418 e. The standard InChI is InChI=1S/C28H30N4O4/c1-13-3-5-21-17(7-13)19-9-15(29)11-23(25(19)31-21)35-27(33)28(34)36-24-12-16(30)10-20-18-8-14(2)4-6-22(18)32-26(20)24/h3-8,15-16,23-24,31-32H,9-12,29-30H2,1-2H3. The van der Waals surface area contributed by atoms with E-state index in [2.05, 4.69) is 22.1 Å². The van der Waals surface area contributed by atoms with Gasteiger partial charge in [-0.25, -0.2) is 9.59 Å². The molecule has 2 aromatic heterocycles. The lowest BCUT2D eigenvalue weighted by Gasteiger charge is -2.28. The van der Waals surface area contributed by atoms with E-state index in [4.69, 9.17) is 20.9 Å². The van der Waals surface area contributed by atoms with Crippen molar-refractivity contribution in [3.63, 3.8) is 0 Å². The maximum atomic E-state index is 12.9. The van der Waals surface area contributed by atoms with Gasteiger partial charge in [0.1, 0.15) is 12.2 Å². The Bertz CT molecular complexity index is 1400. The van der Waals surface area contributed by atoms with Crippen LogP contribution >= 0.6 is 0 Å². The number of rotatable bonds is 2. The molecule has 8 nitrogen and oxygen atoms in total. The monoisotopic (exact) mass is 486 g/mol. The Morgan fingerprint density at radius 3 is 1.58 bits per heavy atom. The third-order valence-electron chi connectivity index (χ3n) is 7.46. The Kier molecular flexibility index (Phi) is 5.39. The minimum Gasteiger partial charge on any atom is -0.447 e. The van der Waals surface area contributed by atoms with Gasteiger partial charge < -0.3 is 30.9 Å². The van der Waals surface area contributed by atoms with Crippen molar-refractivity contribution in [1.82, 2.24) is 9.97 Å². The first-order chi connectivity index (χ1) is 17.3. The number of carbonyl (C=O) groups excluding carboxylic acids is 2. The second-order valence-corrected chi connectivity index (χ2v) is 10.3. The van der Waals surface area contributed by atoms with E-state index in [1.54, 1.807) is 0 Å². The number of benzene rings is 2. The molecule has 2 aromatic carbocycles. The second-order valence-electron chi connectivity index (χ2n) is 10.3. The summed E-state index contributed by atoms with van der Waals surface area (Å²) >= 11 is 0. The molecule has 2 heterocycles. The van der Waals surface area contributed by atoms with Crippen LogP contribution in [0.25, 0.3) is 21.8 Å². The molecule has 4 aromatic rings. The number of aromatic nitrogens is 2. The maximum Gasteiger partial charge on any atom is 0.418 e. The molecular weight excluding hydrogens is 456 g/mol. The summed E-state index contributed by atoms with van der Waals surface area (Å²) in [5.74, 6) is -2.05. The van der Waals surface area contributed by atoms with Gasteiger partial charge in [0, 0.05) is 46.7 Å².